The highest BCUT2D eigenvalue weighted by Crippen LogP contribution is 2.34. The van der Waals surface area contributed by atoms with Crippen molar-refractivity contribution in [3.05, 3.63) is 45.0 Å². The van der Waals surface area contributed by atoms with Crippen molar-refractivity contribution in [1.29, 1.82) is 0 Å². The quantitative estimate of drug-likeness (QED) is 0.797. The first-order valence-electron chi connectivity index (χ1n) is 5.50. The van der Waals surface area contributed by atoms with Gasteiger partial charge in [-0.15, -0.1) is 0 Å². The molecule has 5 nitrogen and oxygen atoms in total. The lowest BCUT2D eigenvalue weighted by Gasteiger charge is -2.13. The molecule has 0 radical (unpaired) electrons. The van der Waals surface area contributed by atoms with Gasteiger partial charge in [-0.1, -0.05) is 0 Å². The van der Waals surface area contributed by atoms with E-state index in [0.717, 1.165) is 5.56 Å². The van der Waals surface area contributed by atoms with E-state index in [1.54, 1.807) is 6.07 Å². The van der Waals surface area contributed by atoms with Gasteiger partial charge in [0.1, 0.15) is 0 Å². The summed E-state index contributed by atoms with van der Waals surface area (Å²) in [6, 6.07) is 6.68. The molecule has 0 unspecified atom stereocenters. The van der Waals surface area contributed by atoms with Crippen LogP contribution < -0.4 is 10.5 Å². The SMILES string of the molecule is Cc1cc(Br)c(NS(=O)(=O)c2ncccc2N)c(Br)c1. The molecule has 0 aliphatic heterocycles. The van der Waals surface area contributed by atoms with E-state index in [1.165, 1.54) is 12.3 Å². The van der Waals surface area contributed by atoms with Gasteiger partial charge in [-0.25, -0.2) is 4.98 Å². The van der Waals surface area contributed by atoms with Crippen LogP contribution in [0.1, 0.15) is 5.56 Å². The minimum atomic E-state index is -3.85. The highest BCUT2D eigenvalue weighted by molar-refractivity contribution is 9.11. The summed E-state index contributed by atoms with van der Waals surface area (Å²) >= 11 is 6.67. The van der Waals surface area contributed by atoms with Crippen molar-refractivity contribution in [3.8, 4) is 0 Å². The van der Waals surface area contributed by atoms with Gasteiger partial charge in [0.15, 0.2) is 5.03 Å². The molecule has 106 valence electrons. The molecule has 2 aromatic rings. The first kappa shape index (κ1) is 15.3. The largest absolute Gasteiger partial charge is 0.396 e. The summed E-state index contributed by atoms with van der Waals surface area (Å²) in [6.45, 7) is 1.91. The lowest BCUT2D eigenvalue weighted by Crippen LogP contribution is -2.17. The van der Waals surface area contributed by atoms with Crippen LogP contribution in [0.2, 0.25) is 0 Å². The van der Waals surface area contributed by atoms with E-state index in [-0.39, 0.29) is 10.7 Å². The van der Waals surface area contributed by atoms with E-state index in [4.69, 9.17) is 5.73 Å². The van der Waals surface area contributed by atoms with E-state index < -0.39 is 10.0 Å². The summed E-state index contributed by atoms with van der Waals surface area (Å²) in [5.41, 5.74) is 7.15. The number of sulfonamides is 1. The molecule has 0 saturated heterocycles. The van der Waals surface area contributed by atoms with Crippen LogP contribution in [0.15, 0.2) is 44.4 Å². The second-order valence-electron chi connectivity index (χ2n) is 4.11. The summed E-state index contributed by atoms with van der Waals surface area (Å²) < 4.78 is 28.4. The Morgan fingerprint density at radius 3 is 2.40 bits per heavy atom. The zero-order chi connectivity index (χ0) is 14.9. The van der Waals surface area contributed by atoms with Crippen molar-refractivity contribution < 1.29 is 8.42 Å². The number of aryl methyl sites for hydroxylation is 1. The van der Waals surface area contributed by atoms with E-state index in [9.17, 15) is 8.42 Å². The molecule has 0 saturated carbocycles. The van der Waals surface area contributed by atoms with Gasteiger partial charge in [-0.2, -0.15) is 8.42 Å². The molecule has 0 bridgehead atoms. The van der Waals surface area contributed by atoms with Crippen molar-refractivity contribution in [2.24, 2.45) is 0 Å². The summed E-state index contributed by atoms with van der Waals surface area (Å²) in [6.07, 6.45) is 1.38. The molecule has 2 rings (SSSR count). The van der Waals surface area contributed by atoms with Crippen LogP contribution in [0, 0.1) is 6.92 Å². The standard InChI is InChI=1S/C12H11Br2N3O2S/c1-7-5-8(13)11(9(14)6-7)17-20(18,19)12-10(15)3-2-4-16-12/h2-6,17H,15H2,1H3. The van der Waals surface area contributed by atoms with Gasteiger partial charge in [0.05, 0.1) is 11.4 Å². The number of nitrogen functional groups attached to an aromatic ring is 1. The van der Waals surface area contributed by atoms with Crippen LogP contribution in [0.25, 0.3) is 0 Å². The third kappa shape index (κ3) is 3.13. The van der Waals surface area contributed by atoms with Crippen LogP contribution in [0.5, 0.6) is 0 Å². The molecule has 0 amide bonds. The van der Waals surface area contributed by atoms with Crippen LogP contribution in [-0.4, -0.2) is 13.4 Å². The Morgan fingerprint density at radius 1 is 1.25 bits per heavy atom. The Kier molecular flexibility index (Phi) is 4.36. The highest BCUT2D eigenvalue weighted by atomic mass is 79.9. The normalized spacial score (nSPS) is 11.3. The molecular formula is C12H11Br2N3O2S. The number of rotatable bonds is 3. The molecule has 3 N–H and O–H groups in total. The molecule has 0 fully saturated rings. The predicted molar refractivity (Wildman–Crippen MR) is 86.0 cm³/mol. The highest BCUT2D eigenvalue weighted by Gasteiger charge is 2.21. The Balaban J connectivity index is 2.47. The molecule has 20 heavy (non-hydrogen) atoms. The lowest BCUT2D eigenvalue weighted by molar-refractivity contribution is 0.598. The Bertz CT molecular complexity index is 740. The van der Waals surface area contributed by atoms with Crippen molar-refractivity contribution in [2.45, 2.75) is 11.9 Å². The molecule has 8 heteroatoms. The maximum absolute atomic E-state index is 12.3. The summed E-state index contributed by atoms with van der Waals surface area (Å²) in [4.78, 5) is 3.82. The third-order valence-electron chi connectivity index (χ3n) is 2.48. The van der Waals surface area contributed by atoms with Gasteiger partial charge < -0.3 is 5.73 Å². The van der Waals surface area contributed by atoms with Crippen molar-refractivity contribution >= 4 is 53.3 Å². The number of hydrogen-bond acceptors (Lipinski definition) is 4. The van der Waals surface area contributed by atoms with Gasteiger partial charge in [0, 0.05) is 15.1 Å². The number of pyridine rings is 1. The number of halogens is 2. The average molecular weight is 421 g/mol. The van der Waals surface area contributed by atoms with Crippen LogP contribution in [-0.2, 0) is 10.0 Å². The smallest absolute Gasteiger partial charge is 0.281 e. The van der Waals surface area contributed by atoms with Crippen LogP contribution >= 0.6 is 31.9 Å². The molecule has 1 aromatic heterocycles. The number of nitrogens with zero attached hydrogens (tertiary/aromatic N) is 1. The van der Waals surface area contributed by atoms with Crippen LogP contribution in [0.4, 0.5) is 11.4 Å². The molecule has 1 heterocycles. The minimum Gasteiger partial charge on any atom is -0.396 e. The van der Waals surface area contributed by atoms with E-state index >= 15 is 0 Å². The van der Waals surface area contributed by atoms with Crippen molar-refractivity contribution in [3.63, 3.8) is 0 Å². The zero-order valence-corrected chi connectivity index (χ0v) is 14.4. The Hall–Kier alpha value is -1.12. The minimum absolute atomic E-state index is 0.0966. The average Bonchev–Trinajstić information content (AvgIpc) is 2.34. The summed E-state index contributed by atoms with van der Waals surface area (Å²) in [5.74, 6) is 0. The first-order valence-corrected chi connectivity index (χ1v) is 8.57. The molecule has 1 aromatic carbocycles. The molecule has 0 atom stereocenters. The van der Waals surface area contributed by atoms with E-state index in [2.05, 4.69) is 41.6 Å². The second kappa shape index (κ2) is 5.71. The maximum atomic E-state index is 12.3. The number of aromatic nitrogens is 1. The molecule has 0 aliphatic carbocycles. The topological polar surface area (TPSA) is 85.1 Å². The van der Waals surface area contributed by atoms with Crippen molar-refractivity contribution in [1.82, 2.24) is 4.98 Å². The number of anilines is 2. The molecular weight excluding hydrogens is 410 g/mol. The maximum Gasteiger partial charge on any atom is 0.281 e. The number of nitrogens with one attached hydrogen (secondary N) is 1. The summed E-state index contributed by atoms with van der Waals surface area (Å²) in [7, 11) is -3.85. The van der Waals surface area contributed by atoms with Crippen LogP contribution in [0.3, 0.4) is 0 Å². The Labute approximate surface area is 133 Å². The monoisotopic (exact) mass is 419 g/mol. The third-order valence-corrected chi connectivity index (χ3v) is 5.05. The molecule has 0 aliphatic rings. The first-order chi connectivity index (χ1) is 9.31. The summed E-state index contributed by atoms with van der Waals surface area (Å²) in [5, 5.41) is -0.195. The van der Waals surface area contributed by atoms with Crippen molar-refractivity contribution in [2.75, 3.05) is 10.5 Å². The van der Waals surface area contributed by atoms with Gasteiger partial charge >= 0.3 is 0 Å². The fourth-order valence-corrected chi connectivity index (χ4v) is 4.65. The Morgan fingerprint density at radius 2 is 1.85 bits per heavy atom. The predicted octanol–water partition coefficient (Wildman–Crippen LogP) is 3.30. The van der Waals surface area contributed by atoms with Gasteiger partial charge in [0.2, 0.25) is 0 Å². The number of benzene rings is 1. The van der Waals surface area contributed by atoms with E-state index in [0.29, 0.717) is 14.6 Å². The van der Waals surface area contributed by atoms with Gasteiger partial charge in [-0.3, -0.25) is 4.72 Å². The molecule has 0 spiro atoms. The number of nitrogens with two attached hydrogens (primary N) is 1. The van der Waals surface area contributed by atoms with E-state index in [1.807, 2.05) is 19.1 Å². The van der Waals surface area contributed by atoms with Gasteiger partial charge in [-0.05, 0) is 68.6 Å². The lowest BCUT2D eigenvalue weighted by atomic mass is 10.2. The number of hydrogen-bond donors (Lipinski definition) is 2. The fraction of sp³-hybridized carbons (Fsp3) is 0.0833. The second-order valence-corrected chi connectivity index (χ2v) is 7.41. The zero-order valence-electron chi connectivity index (χ0n) is 10.4. The fourth-order valence-electron chi connectivity index (χ4n) is 1.61. The van der Waals surface area contributed by atoms with Gasteiger partial charge in [0.25, 0.3) is 10.0 Å².